The number of hydrogen-bond donors (Lipinski definition) is 0. The number of unbranched alkanes of at least 4 members (excludes halogenated alkanes) is 2. The molecule has 1 aliphatic rings. The van der Waals surface area contributed by atoms with E-state index < -0.39 is 5.82 Å². The third-order valence-corrected chi connectivity index (χ3v) is 5.79. The lowest BCUT2D eigenvalue weighted by Gasteiger charge is -2.20. The van der Waals surface area contributed by atoms with Crippen LogP contribution in [0, 0.1) is 11.7 Å². The fraction of sp³-hybridized carbons (Fsp3) is 0.348. The monoisotopic (exact) mass is 425 g/mol. The molecular weight excluding hydrogens is 401 g/mol. The summed E-state index contributed by atoms with van der Waals surface area (Å²) >= 11 is 1.36. The van der Waals surface area contributed by atoms with E-state index in [1.54, 1.807) is 24.5 Å². The molecule has 1 aromatic carbocycles. The van der Waals surface area contributed by atoms with Crippen LogP contribution in [0.2, 0.25) is 0 Å². The number of pyridine rings is 1. The molecule has 1 amide bonds. The van der Waals surface area contributed by atoms with Crippen molar-refractivity contribution in [2.24, 2.45) is 5.92 Å². The Labute approximate surface area is 179 Å². The molecule has 2 heterocycles. The van der Waals surface area contributed by atoms with Crippen LogP contribution in [-0.2, 0) is 4.79 Å². The van der Waals surface area contributed by atoms with Crippen molar-refractivity contribution < 1.29 is 13.9 Å². The fourth-order valence-corrected chi connectivity index (χ4v) is 4.00. The van der Waals surface area contributed by atoms with E-state index >= 15 is 0 Å². The van der Waals surface area contributed by atoms with E-state index in [1.165, 1.54) is 22.3 Å². The Balaban J connectivity index is 1.60. The van der Waals surface area contributed by atoms with Gasteiger partial charge in [0.05, 0.1) is 18.0 Å². The predicted molar refractivity (Wildman–Crippen MR) is 117 cm³/mol. The van der Waals surface area contributed by atoms with Gasteiger partial charge in [0.25, 0.3) is 0 Å². The molecule has 1 fully saturated rings. The number of carbonyl (C=O) groups excluding carboxylic acids is 1. The summed E-state index contributed by atoms with van der Waals surface area (Å²) in [6, 6.07) is 8.45. The quantitative estimate of drug-likeness (QED) is 0.395. The molecule has 0 bridgehead atoms. The van der Waals surface area contributed by atoms with Crippen molar-refractivity contribution in [1.29, 1.82) is 0 Å². The van der Waals surface area contributed by atoms with Crippen molar-refractivity contribution in [3.63, 3.8) is 0 Å². The molecule has 0 unspecified atom stereocenters. The van der Waals surface area contributed by atoms with Crippen LogP contribution in [0.5, 0.6) is 5.75 Å². The van der Waals surface area contributed by atoms with Crippen LogP contribution in [0.4, 0.5) is 15.2 Å². The molecule has 1 aliphatic carbocycles. The topological polar surface area (TPSA) is 55.3 Å². The number of ether oxygens (including phenoxy) is 1. The number of amides is 1. The zero-order valence-electron chi connectivity index (χ0n) is 16.9. The summed E-state index contributed by atoms with van der Waals surface area (Å²) in [5.41, 5.74) is 2.09. The maximum Gasteiger partial charge on any atom is 0.236 e. The second-order valence-electron chi connectivity index (χ2n) is 7.38. The number of nitrogens with zero attached hydrogens (tertiary/aromatic N) is 3. The Morgan fingerprint density at radius 3 is 2.87 bits per heavy atom. The van der Waals surface area contributed by atoms with Gasteiger partial charge >= 0.3 is 0 Å². The molecule has 30 heavy (non-hydrogen) atoms. The summed E-state index contributed by atoms with van der Waals surface area (Å²) in [6.07, 6.45) is 8.17. The molecule has 0 saturated heterocycles. The lowest BCUT2D eigenvalue weighted by atomic mass is 10.2. The van der Waals surface area contributed by atoms with Crippen molar-refractivity contribution in [1.82, 2.24) is 9.97 Å². The highest BCUT2D eigenvalue weighted by molar-refractivity contribution is 7.14. The third-order valence-electron chi connectivity index (χ3n) is 4.97. The molecule has 5 nitrogen and oxygen atoms in total. The van der Waals surface area contributed by atoms with Crippen molar-refractivity contribution >= 4 is 28.1 Å². The Hall–Kier alpha value is -2.80. The molecule has 4 rings (SSSR count). The number of anilines is 2. The van der Waals surface area contributed by atoms with Crippen molar-refractivity contribution in [2.45, 2.75) is 39.0 Å². The van der Waals surface area contributed by atoms with Crippen molar-refractivity contribution in [3.05, 3.63) is 53.9 Å². The second-order valence-corrected chi connectivity index (χ2v) is 8.21. The van der Waals surface area contributed by atoms with E-state index in [2.05, 4.69) is 16.9 Å². The number of aromatic nitrogens is 2. The molecule has 3 aromatic rings. The molecular formula is C23H24FN3O2S. The Morgan fingerprint density at radius 2 is 2.17 bits per heavy atom. The highest BCUT2D eigenvalue weighted by Gasteiger charge is 2.36. The molecule has 0 spiro atoms. The molecule has 7 heteroatoms. The molecule has 156 valence electrons. The minimum atomic E-state index is -0.471. The summed E-state index contributed by atoms with van der Waals surface area (Å²) < 4.78 is 20.3. The first-order chi connectivity index (χ1) is 14.7. The SMILES string of the molecule is CCCCCOc1ccc(N(C(=O)C2CC2)c2nc(-c3cccnc3)cs2)cc1F. The number of carbonyl (C=O) groups is 1. The fourth-order valence-electron chi connectivity index (χ4n) is 3.14. The van der Waals surface area contributed by atoms with Gasteiger partial charge in [0.1, 0.15) is 0 Å². The van der Waals surface area contributed by atoms with Gasteiger partial charge in [-0.1, -0.05) is 19.8 Å². The van der Waals surface area contributed by atoms with Gasteiger partial charge in [-0.05, 0) is 43.5 Å². The Kier molecular flexibility index (Phi) is 6.38. The summed E-state index contributed by atoms with van der Waals surface area (Å²) in [7, 11) is 0. The summed E-state index contributed by atoms with van der Waals surface area (Å²) in [4.78, 5) is 23.3. The summed E-state index contributed by atoms with van der Waals surface area (Å²) in [5, 5.41) is 2.42. The number of thiazole rings is 1. The molecule has 0 aliphatic heterocycles. The van der Waals surface area contributed by atoms with Crippen LogP contribution in [0.3, 0.4) is 0 Å². The van der Waals surface area contributed by atoms with E-state index in [9.17, 15) is 9.18 Å². The first-order valence-electron chi connectivity index (χ1n) is 10.3. The van der Waals surface area contributed by atoms with Crippen LogP contribution in [0.15, 0.2) is 48.1 Å². The van der Waals surface area contributed by atoms with E-state index in [0.29, 0.717) is 17.4 Å². The average molecular weight is 426 g/mol. The predicted octanol–water partition coefficient (Wildman–Crippen LogP) is 5.99. The normalized spacial score (nSPS) is 13.3. The molecule has 2 aromatic heterocycles. The number of rotatable bonds is 9. The largest absolute Gasteiger partial charge is 0.491 e. The lowest BCUT2D eigenvalue weighted by Crippen LogP contribution is -2.27. The smallest absolute Gasteiger partial charge is 0.236 e. The Bertz CT molecular complexity index is 1000. The van der Waals surface area contributed by atoms with Gasteiger partial charge in [0.15, 0.2) is 16.7 Å². The van der Waals surface area contributed by atoms with Crippen LogP contribution >= 0.6 is 11.3 Å². The molecule has 1 saturated carbocycles. The first-order valence-corrected chi connectivity index (χ1v) is 11.2. The minimum Gasteiger partial charge on any atom is -0.491 e. The van der Waals surface area contributed by atoms with E-state index in [-0.39, 0.29) is 17.6 Å². The first kappa shape index (κ1) is 20.5. The lowest BCUT2D eigenvalue weighted by molar-refractivity contribution is -0.119. The van der Waals surface area contributed by atoms with Gasteiger partial charge in [-0.25, -0.2) is 9.37 Å². The van der Waals surface area contributed by atoms with E-state index in [0.717, 1.165) is 43.4 Å². The third kappa shape index (κ3) is 4.67. The minimum absolute atomic E-state index is 0.0243. The Morgan fingerprint density at radius 1 is 1.30 bits per heavy atom. The van der Waals surface area contributed by atoms with Gasteiger partial charge < -0.3 is 4.74 Å². The standard InChI is InChI=1S/C23H24FN3O2S/c1-2-3-4-12-29-21-10-9-18(13-19(21)24)27(22(28)16-7-8-16)23-26-20(15-30-23)17-6-5-11-25-14-17/h5-6,9-11,13-16H,2-4,7-8,12H2,1H3. The van der Waals surface area contributed by atoms with Gasteiger partial charge in [0, 0.05) is 35.3 Å². The molecule has 0 atom stereocenters. The number of halogens is 1. The maximum atomic E-state index is 14.7. The second kappa shape index (κ2) is 9.34. The van der Waals surface area contributed by atoms with Gasteiger partial charge in [-0.2, -0.15) is 0 Å². The zero-order valence-corrected chi connectivity index (χ0v) is 17.7. The highest BCUT2D eigenvalue weighted by atomic mass is 32.1. The van der Waals surface area contributed by atoms with E-state index in [4.69, 9.17) is 4.74 Å². The van der Waals surface area contributed by atoms with Gasteiger partial charge in [0.2, 0.25) is 5.91 Å². The van der Waals surface area contributed by atoms with Crippen molar-refractivity contribution in [3.8, 4) is 17.0 Å². The van der Waals surface area contributed by atoms with Gasteiger partial charge in [-0.3, -0.25) is 14.7 Å². The molecule has 0 radical (unpaired) electrons. The van der Waals surface area contributed by atoms with Crippen LogP contribution in [-0.4, -0.2) is 22.5 Å². The van der Waals surface area contributed by atoms with Crippen LogP contribution in [0.1, 0.15) is 39.0 Å². The van der Waals surface area contributed by atoms with Gasteiger partial charge in [-0.15, -0.1) is 11.3 Å². The number of hydrogen-bond acceptors (Lipinski definition) is 5. The zero-order chi connectivity index (χ0) is 20.9. The highest BCUT2D eigenvalue weighted by Crippen LogP contribution is 2.39. The van der Waals surface area contributed by atoms with Crippen molar-refractivity contribution in [2.75, 3.05) is 11.5 Å². The van der Waals surface area contributed by atoms with Crippen LogP contribution in [0.25, 0.3) is 11.3 Å². The van der Waals surface area contributed by atoms with Crippen LogP contribution < -0.4 is 9.64 Å². The maximum absolute atomic E-state index is 14.7. The summed E-state index contributed by atoms with van der Waals surface area (Å²) in [5.74, 6) is -0.327. The molecule has 0 N–H and O–H groups in total. The summed E-state index contributed by atoms with van der Waals surface area (Å²) in [6.45, 7) is 2.59. The number of benzene rings is 1. The van der Waals surface area contributed by atoms with E-state index in [1.807, 2.05) is 17.5 Å². The average Bonchev–Trinajstić information content (AvgIpc) is 3.51.